The highest BCUT2D eigenvalue weighted by molar-refractivity contribution is 5.96. The van der Waals surface area contributed by atoms with Crippen molar-refractivity contribution in [2.24, 2.45) is 11.7 Å². The number of nitrogens with two attached hydrogens (primary N) is 1. The Balaban J connectivity index is 3.97. The monoisotopic (exact) mass is 302 g/mol. The fourth-order valence-corrected chi connectivity index (χ4v) is 1.50. The van der Waals surface area contributed by atoms with E-state index in [2.05, 4.69) is 5.32 Å². The van der Waals surface area contributed by atoms with Crippen LogP contribution in [0.5, 0.6) is 0 Å². The van der Waals surface area contributed by atoms with Crippen molar-refractivity contribution in [1.29, 1.82) is 0 Å². The lowest BCUT2D eigenvalue weighted by atomic mass is 10.0. The van der Waals surface area contributed by atoms with Gasteiger partial charge in [0.1, 0.15) is 11.5 Å². The zero-order valence-corrected chi connectivity index (χ0v) is 12.5. The number of hydrogen-bond donors (Lipinski definition) is 3. The Morgan fingerprint density at radius 2 is 1.76 bits per heavy atom. The van der Waals surface area contributed by atoms with Crippen molar-refractivity contribution in [1.82, 2.24) is 5.32 Å². The molecule has 0 aromatic heterocycles. The molecule has 0 spiro atoms. The minimum absolute atomic E-state index is 0.0321. The van der Waals surface area contributed by atoms with Crippen molar-refractivity contribution in [3.05, 3.63) is 0 Å². The fraction of sp³-hybridized carbons (Fsp3) is 0.692. The molecule has 3 amide bonds. The van der Waals surface area contributed by atoms with Crippen LogP contribution in [0.4, 0.5) is 4.79 Å². The van der Waals surface area contributed by atoms with Crippen molar-refractivity contribution >= 4 is 23.9 Å². The molecule has 0 heterocycles. The van der Waals surface area contributed by atoms with Crippen LogP contribution >= 0.6 is 0 Å². The second kappa shape index (κ2) is 8.23. The molecule has 0 radical (unpaired) electrons. The van der Waals surface area contributed by atoms with E-state index in [1.807, 2.05) is 0 Å². The van der Waals surface area contributed by atoms with Crippen LogP contribution in [-0.2, 0) is 19.1 Å². The Morgan fingerprint density at radius 1 is 1.19 bits per heavy atom. The molecule has 0 saturated heterocycles. The summed E-state index contributed by atoms with van der Waals surface area (Å²) in [6.07, 6.45) is -0.0599. The molecule has 120 valence electrons. The largest absolute Gasteiger partial charge is 0.481 e. The Bertz CT molecular complexity index is 399. The number of hydrogen-bond acceptors (Lipinski definition) is 5. The zero-order chi connectivity index (χ0) is 16.6. The molecule has 0 aromatic carbocycles. The average Bonchev–Trinajstić information content (AvgIpc) is 2.24. The third kappa shape index (κ3) is 9.42. The Labute approximate surface area is 123 Å². The number of carbonyl (C=O) groups is 4. The first-order valence-electron chi connectivity index (χ1n) is 6.58. The van der Waals surface area contributed by atoms with Gasteiger partial charge in [0.15, 0.2) is 0 Å². The molecule has 0 aromatic rings. The van der Waals surface area contributed by atoms with Gasteiger partial charge in [-0.25, -0.2) is 4.79 Å². The number of rotatable bonds is 7. The van der Waals surface area contributed by atoms with Crippen molar-refractivity contribution in [2.45, 2.75) is 52.1 Å². The maximum atomic E-state index is 11.4. The number of alkyl carbamates (subject to hydrolysis) is 1. The van der Waals surface area contributed by atoms with Crippen LogP contribution in [0.3, 0.4) is 0 Å². The van der Waals surface area contributed by atoms with E-state index in [4.69, 9.17) is 15.6 Å². The number of amides is 3. The average molecular weight is 302 g/mol. The van der Waals surface area contributed by atoms with E-state index in [0.29, 0.717) is 12.8 Å². The van der Waals surface area contributed by atoms with E-state index in [1.165, 1.54) is 0 Å². The van der Waals surface area contributed by atoms with Gasteiger partial charge in [-0.1, -0.05) is 6.42 Å². The predicted molar refractivity (Wildman–Crippen MR) is 73.2 cm³/mol. The number of ether oxygens (including phenoxy) is 1. The van der Waals surface area contributed by atoms with Crippen LogP contribution in [0.15, 0.2) is 0 Å². The normalized spacial score (nSPS) is 12.3. The first-order valence-corrected chi connectivity index (χ1v) is 6.58. The molecule has 8 nitrogen and oxygen atoms in total. The van der Waals surface area contributed by atoms with E-state index in [1.54, 1.807) is 20.8 Å². The molecule has 0 aliphatic heterocycles. The van der Waals surface area contributed by atoms with Crippen LogP contribution in [0, 0.1) is 5.92 Å². The number of aliphatic carboxylic acids is 1. The van der Waals surface area contributed by atoms with Gasteiger partial charge in [-0.3, -0.25) is 19.7 Å². The quantitative estimate of drug-likeness (QED) is 0.469. The molecule has 1 unspecified atom stereocenters. The van der Waals surface area contributed by atoms with Gasteiger partial charge in [-0.2, -0.15) is 0 Å². The number of carbonyl (C=O) groups excluding carboxylic acids is 3. The smallest absolute Gasteiger partial charge is 0.414 e. The third-order valence-corrected chi connectivity index (χ3v) is 2.43. The molecule has 0 rings (SSSR count). The summed E-state index contributed by atoms with van der Waals surface area (Å²) in [4.78, 5) is 44.3. The molecule has 0 bridgehead atoms. The topological polar surface area (TPSA) is 136 Å². The van der Waals surface area contributed by atoms with Gasteiger partial charge in [-0.15, -0.1) is 0 Å². The van der Waals surface area contributed by atoms with Gasteiger partial charge in [0.25, 0.3) is 0 Å². The second-order valence-electron chi connectivity index (χ2n) is 5.59. The molecule has 0 saturated carbocycles. The zero-order valence-electron chi connectivity index (χ0n) is 12.5. The van der Waals surface area contributed by atoms with E-state index in [0.717, 1.165) is 0 Å². The molecule has 1 atom stereocenters. The lowest BCUT2D eigenvalue weighted by Crippen LogP contribution is -2.36. The number of primary amides is 1. The predicted octanol–water partition coefficient (Wildman–Crippen LogP) is 0.784. The van der Waals surface area contributed by atoms with Crippen molar-refractivity contribution in [2.75, 3.05) is 0 Å². The molecule has 0 aliphatic rings. The minimum Gasteiger partial charge on any atom is -0.481 e. The number of carboxylic acid groups (broad SMARTS) is 1. The Kier molecular flexibility index (Phi) is 7.40. The van der Waals surface area contributed by atoms with E-state index >= 15 is 0 Å². The highest BCUT2D eigenvalue weighted by atomic mass is 16.6. The van der Waals surface area contributed by atoms with Gasteiger partial charge in [0.2, 0.25) is 11.8 Å². The molecular weight excluding hydrogens is 280 g/mol. The molecular formula is C13H22N2O6. The van der Waals surface area contributed by atoms with Crippen LogP contribution in [0.25, 0.3) is 0 Å². The molecule has 0 aliphatic carbocycles. The minimum atomic E-state index is -1.28. The van der Waals surface area contributed by atoms with Crippen LogP contribution in [0.1, 0.15) is 46.5 Å². The summed E-state index contributed by atoms with van der Waals surface area (Å²) in [5.41, 5.74) is 4.25. The summed E-state index contributed by atoms with van der Waals surface area (Å²) in [5, 5.41) is 10.8. The molecule has 0 fully saturated rings. The maximum Gasteiger partial charge on any atom is 0.414 e. The van der Waals surface area contributed by atoms with Gasteiger partial charge in [0.05, 0.1) is 0 Å². The van der Waals surface area contributed by atoms with Crippen LogP contribution in [-0.4, -0.2) is 34.6 Å². The van der Waals surface area contributed by atoms with Gasteiger partial charge < -0.3 is 15.6 Å². The lowest BCUT2D eigenvalue weighted by Gasteiger charge is -2.19. The van der Waals surface area contributed by atoms with Crippen molar-refractivity contribution in [3.8, 4) is 0 Å². The summed E-state index contributed by atoms with van der Waals surface area (Å²) < 4.78 is 4.91. The summed E-state index contributed by atoms with van der Waals surface area (Å²) in [5.74, 6) is -3.95. The second-order valence-corrected chi connectivity index (χ2v) is 5.59. The fourth-order valence-electron chi connectivity index (χ4n) is 1.50. The Hall–Kier alpha value is -2.12. The standard InChI is InChI=1S/C13H22N2O6/c1-13(2,3)21-12(20)15-9(16)7-5-4-6-8(10(14)17)11(18)19/h8H,4-7H2,1-3H3,(H2,14,17)(H,18,19)(H,15,16,20). The van der Waals surface area contributed by atoms with E-state index in [-0.39, 0.29) is 12.8 Å². The highest BCUT2D eigenvalue weighted by Gasteiger charge is 2.23. The first kappa shape index (κ1) is 18.9. The maximum absolute atomic E-state index is 11.4. The Morgan fingerprint density at radius 3 is 2.19 bits per heavy atom. The summed E-state index contributed by atoms with van der Waals surface area (Å²) >= 11 is 0. The summed E-state index contributed by atoms with van der Waals surface area (Å²) in [6, 6.07) is 0. The number of imide groups is 1. The van der Waals surface area contributed by atoms with Crippen molar-refractivity contribution < 1.29 is 29.0 Å². The first-order chi connectivity index (χ1) is 9.53. The summed E-state index contributed by atoms with van der Waals surface area (Å²) in [7, 11) is 0. The lowest BCUT2D eigenvalue weighted by molar-refractivity contribution is -0.146. The molecule has 4 N–H and O–H groups in total. The van der Waals surface area contributed by atoms with Crippen LogP contribution in [0.2, 0.25) is 0 Å². The van der Waals surface area contributed by atoms with E-state index in [9.17, 15) is 19.2 Å². The van der Waals surface area contributed by atoms with Gasteiger partial charge in [0, 0.05) is 6.42 Å². The molecule has 8 heteroatoms. The number of unbranched alkanes of at least 4 members (excludes halogenated alkanes) is 1. The third-order valence-electron chi connectivity index (χ3n) is 2.43. The van der Waals surface area contributed by atoms with Gasteiger partial charge in [-0.05, 0) is 33.6 Å². The SMILES string of the molecule is CC(C)(C)OC(=O)NC(=O)CCCCC(C(N)=O)C(=O)O. The van der Waals surface area contributed by atoms with E-state index < -0.39 is 35.4 Å². The number of carboxylic acids is 1. The number of nitrogens with one attached hydrogen (secondary N) is 1. The van der Waals surface area contributed by atoms with Crippen molar-refractivity contribution in [3.63, 3.8) is 0 Å². The van der Waals surface area contributed by atoms with Crippen LogP contribution < -0.4 is 11.1 Å². The van der Waals surface area contributed by atoms with Gasteiger partial charge >= 0.3 is 12.1 Å². The summed E-state index contributed by atoms with van der Waals surface area (Å²) in [6.45, 7) is 5.02. The highest BCUT2D eigenvalue weighted by Crippen LogP contribution is 2.10. The molecule has 21 heavy (non-hydrogen) atoms.